The Morgan fingerprint density at radius 3 is 2.85 bits per heavy atom. The maximum absolute atomic E-state index is 11.1. The number of carboxylic acids is 1. The number of rotatable bonds is 9. The molecule has 0 radical (unpaired) electrons. The van der Waals surface area contributed by atoms with Crippen LogP contribution in [0, 0.1) is 0 Å². The van der Waals surface area contributed by atoms with Crippen LogP contribution in [0.4, 0.5) is 0 Å². The van der Waals surface area contributed by atoms with Crippen molar-refractivity contribution in [2.75, 3.05) is 0 Å². The Balaban J connectivity index is 2.14. The van der Waals surface area contributed by atoms with Crippen LogP contribution in [0.3, 0.4) is 0 Å². The number of carbonyl (C=O) groups excluding carboxylic acids is 1. The Morgan fingerprint density at radius 2 is 2.19 bits per heavy atom. The highest BCUT2D eigenvalue weighted by atomic mass is 16.7. The second kappa shape index (κ2) is 9.51. The zero-order valence-electron chi connectivity index (χ0n) is 14.9. The molecule has 8 nitrogen and oxygen atoms in total. The smallest absolute Gasteiger partial charge is 0.333 e. The van der Waals surface area contributed by atoms with Crippen molar-refractivity contribution in [1.82, 2.24) is 5.32 Å². The number of aliphatic hydroxyl groups is 1. The molecule has 3 unspecified atom stereocenters. The molecule has 3 N–H and O–H groups in total. The third-order valence-electron chi connectivity index (χ3n) is 3.94. The van der Waals surface area contributed by atoms with Crippen LogP contribution in [-0.4, -0.2) is 47.2 Å². The molecule has 0 amide bonds. The first-order valence-corrected chi connectivity index (χ1v) is 8.52. The molecule has 26 heavy (non-hydrogen) atoms. The van der Waals surface area contributed by atoms with Gasteiger partial charge in [0.15, 0.2) is 6.10 Å². The largest absolute Gasteiger partial charge is 0.479 e. The fourth-order valence-electron chi connectivity index (χ4n) is 2.66. The van der Waals surface area contributed by atoms with Crippen LogP contribution in [0.15, 0.2) is 18.2 Å². The van der Waals surface area contributed by atoms with Crippen molar-refractivity contribution >= 4 is 12.4 Å². The van der Waals surface area contributed by atoms with Crippen LogP contribution in [0.2, 0.25) is 0 Å². The monoisotopic (exact) mass is 367 g/mol. The zero-order valence-corrected chi connectivity index (χ0v) is 14.9. The first kappa shape index (κ1) is 20.2. The SMILES string of the molecule is CC(C)NCc1cc(COC=O)ccc1OC1CC(O)CC(C(=O)O)O1. The summed E-state index contributed by atoms with van der Waals surface area (Å²) in [6.45, 7) is 5.08. The minimum atomic E-state index is -1.12. The third kappa shape index (κ3) is 5.98. The van der Waals surface area contributed by atoms with E-state index >= 15 is 0 Å². The van der Waals surface area contributed by atoms with Gasteiger partial charge in [0, 0.05) is 31.0 Å². The van der Waals surface area contributed by atoms with Crippen LogP contribution in [-0.2, 0) is 32.2 Å². The van der Waals surface area contributed by atoms with Gasteiger partial charge in [0.1, 0.15) is 12.4 Å². The summed E-state index contributed by atoms with van der Waals surface area (Å²) in [5.41, 5.74) is 1.62. The van der Waals surface area contributed by atoms with E-state index in [9.17, 15) is 14.7 Å². The maximum atomic E-state index is 11.1. The van der Waals surface area contributed by atoms with E-state index in [4.69, 9.17) is 19.3 Å². The van der Waals surface area contributed by atoms with Gasteiger partial charge in [-0.05, 0) is 17.7 Å². The maximum Gasteiger partial charge on any atom is 0.333 e. The van der Waals surface area contributed by atoms with E-state index in [2.05, 4.69) is 5.32 Å². The zero-order chi connectivity index (χ0) is 19.1. The topological polar surface area (TPSA) is 114 Å². The highest BCUT2D eigenvalue weighted by Gasteiger charge is 2.34. The van der Waals surface area contributed by atoms with Gasteiger partial charge in [0.25, 0.3) is 6.47 Å². The van der Waals surface area contributed by atoms with E-state index < -0.39 is 24.5 Å². The quantitative estimate of drug-likeness (QED) is 0.558. The van der Waals surface area contributed by atoms with Crippen molar-refractivity contribution < 1.29 is 34.0 Å². The average Bonchev–Trinajstić information content (AvgIpc) is 2.59. The molecular weight excluding hydrogens is 342 g/mol. The molecule has 1 aromatic carbocycles. The van der Waals surface area contributed by atoms with Crippen molar-refractivity contribution in [2.24, 2.45) is 0 Å². The van der Waals surface area contributed by atoms with Crippen LogP contribution in [0.1, 0.15) is 37.8 Å². The summed E-state index contributed by atoms with van der Waals surface area (Å²) in [6.07, 6.45) is -2.52. The summed E-state index contributed by atoms with van der Waals surface area (Å²) in [6, 6.07) is 5.58. The number of carbonyl (C=O) groups is 2. The van der Waals surface area contributed by atoms with E-state index in [0.717, 1.165) is 11.1 Å². The van der Waals surface area contributed by atoms with Gasteiger partial charge in [-0.15, -0.1) is 0 Å². The molecule has 0 bridgehead atoms. The molecule has 1 heterocycles. The van der Waals surface area contributed by atoms with Gasteiger partial charge < -0.3 is 29.7 Å². The van der Waals surface area contributed by atoms with Crippen molar-refractivity contribution in [3.8, 4) is 5.75 Å². The second-order valence-electron chi connectivity index (χ2n) is 6.52. The highest BCUT2D eigenvalue weighted by Crippen LogP contribution is 2.27. The molecule has 0 saturated carbocycles. The van der Waals surface area contributed by atoms with Crippen LogP contribution < -0.4 is 10.1 Å². The van der Waals surface area contributed by atoms with E-state index in [-0.39, 0.29) is 25.5 Å². The second-order valence-corrected chi connectivity index (χ2v) is 6.52. The van der Waals surface area contributed by atoms with Crippen LogP contribution in [0.5, 0.6) is 5.75 Å². The number of aliphatic hydroxyl groups excluding tert-OH is 1. The summed E-state index contributed by atoms with van der Waals surface area (Å²) in [5.74, 6) is -0.600. The number of aliphatic carboxylic acids is 1. The minimum Gasteiger partial charge on any atom is -0.479 e. The average molecular weight is 367 g/mol. The molecule has 1 aliphatic heterocycles. The number of ether oxygens (including phenoxy) is 3. The molecule has 3 atom stereocenters. The molecule has 144 valence electrons. The molecule has 0 spiro atoms. The number of nitrogens with one attached hydrogen (secondary N) is 1. The van der Waals surface area contributed by atoms with Gasteiger partial charge in [0.05, 0.1) is 6.10 Å². The van der Waals surface area contributed by atoms with Gasteiger partial charge in [0.2, 0.25) is 6.29 Å². The van der Waals surface area contributed by atoms with E-state index in [1.54, 1.807) is 12.1 Å². The molecular formula is C18H25NO7. The lowest BCUT2D eigenvalue weighted by molar-refractivity contribution is -0.195. The lowest BCUT2D eigenvalue weighted by Crippen LogP contribution is -2.42. The molecule has 0 aliphatic carbocycles. The van der Waals surface area contributed by atoms with Gasteiger partial charge in [-0.1, -0.05) is 19.9 Å². The van der Waals surface area contributed by atoms with Crippen molar-refractivity contribution in [2.45, 2.75) is 64.4 Å². The first-order valence-electron chi connectivity index (χ1n) is 8.52. The Morgan fingerprint density at radius 1 is 1.42 bits per heavy atom. The first-order chi connectivity index (χ1) is 12.4. The normalized spacial score (nSPS) is 22.8. The molecule has 2 rings (SSSR count). The fourth-order valence-corrected chi connectivity index (χ4v) is 2.66. The lowest BCUT2D eigenvalue weighted by atomic mass is 10.1. The summed E-state index contributed by atoms with van der Waals surface area (Å²) in [7, 11) is 0. The van der Waals surface area contributed by atoms with E-state index in [1.807, 2.05) is 19.9 Å². The molecule has 1 aromatic rings. The molecule has 1 saturated heterocycles. The number of carboxylic acid groups (broad SMARTS) is 1. The number of hydrogen-bond acceptors (Lipinski definition) is 7. The van der Waals surface area contributed by atoms with Crippen LogP contribution >= 0.6 is 0 Å². The van der Waals surface area contributed by atoms with Crippen molar-refractivity contribution in [1.29, 1.82) is 0 Å². The van der Waals surface area contributed by atoms with Crippen LogP contribution in [0.25, 0.3) is 0 Å². The fraction of sp³-hybridized carbons (Fsp3) is 0.556. The lowest BCUT2D eigenvalue weighted by Gasteiger charge is -2.31. The third-order valence-corrected chi connectivity index (χ3v) is 3.94. The Hall–Kier alpha value is -2.16. The standard InChI is InChI=1S/C18H25NO7/c1-11(2)19-8-13-5-12(9-24-10-20)3-4-15(13)25-17-7-14(21)6-16(26-17)18(22)23/h3-5,10-11,14,16-17,19,21H,6-9H2,1-2H3,(H,22,23). The Bertz CT molecular complexity index is 620. The highest BCUT2D eigenvalue weighted by molar-refractivity contribution is 5.72. The van der Waals surface area contributed by atoms with E-state index in [1.165, 1.54) is 0 Å². The molecule has 1 aliphatic rings. The Labute approximate surface area is 152 Å². The Kier molecular flexibility index (Phi) is 7.38. The predicted octanol–water partition coefficient (Wildman–Crippen LogP) is 1.19. The minimum absolute atomic E-state index is 0.0406. The van der Waals surface area contributed by atoms with Gasteiger partial charge in [-0.3, -0.25) is 4.79 Å². The van der Waals surface area contributed by atoms with Crippen molar-refractivity contribution in [3.63, 3.8) is 0 Å². The summed E-state index contributed by atoms with van der Waals surface area (Å²) >= 11 is 0. The summed E-state index contributed by atoms with van der Waals surface area (Å²) in [5, 5.41) is 22.3. The summed E-state index contributed by atoms with van der Waals surface area (Å²) < 4.78 is 16.0. The van der Waals surface area contributed by atoms with Gasteiger partial charge in [-0.25, -0.2) is 4.79 Å². The predicted molar refractivity (Wildman–Crippen MR) is 91.4 cm³/mol. The molecule has 1 fully saturated rings. The van der Waals surface area contributed by atoms with Gasteiger partial charge >= 0.3 is 5.97 Å². The van der Waals surface area contributed by atoms with Gasteiger partial charge in [-0.2, -0.15) is 0 Å². The number of hydrogen-bond donors (Lipinski definition) is 3. The molecule has 0 aromatic heterocycles. The number of benzene rings is 1. The summed E-state index contributed by atoms with van der Waals surface area (Å²) in [4.78, 5) is 21.5. The molecule has 8 heteroatoms. The van der Waals surface area contributed by atoms with E-state index in [0.29, 0.717) is 18.8 Å². The van der Waals surface area contributed by atoms with Crippen molar-refractivity contribution in [3.05, 3.63) is 29.3 Å².